The molecule has 0 aromatic heterocycles. The number of carbonyl (C=O) groups is 2. The highest BCUT2D eigenvalue weighted by Crippen LogP contribution is 2.39. The van der Waals surface area contributed by atoms with Crippen LogP contribution in [0.2, 0.25) is 5.02 Å². The van der Waals surface area contributed by atoms with Crippen LogP contribution in [0.4, 0.5) is 0 Å². The summed E-state index contributed by atoms with van der Waals surface area (Å²) in [4.78, 5) is 31.7. The number of amides is 2. The van der Waals surface area contributed by atoms with Crippen LogP contribution >= 0.6 is 11.6 Å². The van der Waals surface area contributed by atoms with E-state index in [2.05, 4.69) is 27.4 Å². The fraction of sp³-hybridized carbons (Fsp3) is 0.758. The van der Waals surface area contributed by atoms with Gasteiger partial charge in [0.05, 0.1) is 6.04 Å². The summed E-state index contributed by atoms with van der Waals surface area (Å²) in [5, 5.41) is 7.95. The van der Waals surface area contributed by atoms with Gasteiger partial charge in [0.15, 0.2) is 0 Å². The zero-order chi connectivity index (χ0) is 28.5. The number of hydrogen-bond acceptors (Lipinski definition) is 4. The molecule has 2 heterocycles. The molecule has 2 N–H and O–H groups in total. The van der Waals surface area contributed by atoms with Crippen LogP contribution in [-0.4, -0.2) is 72.0 Å². The molecule has 2 aliphatic heterocycles. The lowest BCUT2D eigenvalue weighted by Gasteiger charge is -2.49. The molecule has 40 heavy (non-hydrogen) atoms. The number of hydrogen-bond donors (Lipinski definition) is 2. The Balaban J connectivity index is 1.44. The van der Waals surface area contributed by atoms with E-state index in [0.29, 0.717) is 31.5 Å². The van der Waals surface area contributed by atoms with Crippen molar-refractivity contribution in [3.05, 3.63) is 34.9 Å². The van der Waals surface area contributed by atoms with Gasteiger partial charge in [-0.25, -0.2) is 0 Å². The predicted molar refractivity (Wildman–Crippen MR) is 165 cm³/mol. The maximum Gasteiger partial charge on any atom is 0.240 e. The minimum Gasteiger partial charge on any atom is -0.350 e. The number of carbonyl (C=O) groups excluding carboxylic acids is 2. The maximum atomic E-state index is 14.1. The van der Waals surface area contributed by atoms with Crippen molar-refractivity contribution in [3.8, 4) is 0 Å². The summed E-state index contributed by atoms with van der Waals surface area (Å²) in [6, 6.07) is 8.15. The molecule has 0 spiro atoms. The van der Waals surface area contributed by atoms with E-state index in [-0.39, 0.29) is 29.3 Å². The first-order chi connectivity index (χ1) is 19.3. The third-order valence-electron chi connectivity index (χ3n) is 9.80. The van der Waals surface area contributed by atoms with Gasteiger partial charge >= 0.3 is 0 Å². The Hall–Kier alpha value is -1.63. The van der Waals surface area contributed by atoms with Crippen LogP contribution in [-0.2, 0) is 16.0 Å². The molecule has 1 saturated carbocycles. The molecule has 7 heteroatoms. The molecular weight excluding hydrogens is 520 g/mol. The summed E-state index contributed by atoms with van der Waals surface area (Å²) < 4.78 is 0. The molecule has 1 aromatic rings. The van der Waals surface area contributed by atoms with Crippen molar-refractivity contribution >= 4 is 23.4 Å². The Kier molecular flexibility index (Phi) is 11.8. The Morgan fingerprint density at radius 2 is 1.70 bits per heavy atom. The summed E-state index contributed by atoms with van der Waals surface area (Å²) in [5.41, 5.74) is 0.948. The van der Waals surface area contributed by atoms with Gasteiger partial charge in [0.25, 0.3) is 0 Å². The van der Waals surface area contributed by atoms with Gasteiger partial charge in [-0.3, -0.25) is 14.5 Å². The number of nitrogens with zero attached hydrogens (tertiary/aromatic N) is 2. The zero-order valence-corrected chi connectivity index (χ0v) is 26.0. The molecule has 0 radical (unpaired) electrons. The zero-order valence-electron chi connectivity index (χ0n) is 25.2. The first-order valence-electron chi connectivity index (χ1n) is 16.1. The van der Waals surface area contributed by atoms with Crippen molar-refractivity contribution < 1.29 is 9.59 Å². The molecule has 4 rings (SSSR count). The third-order valence-corrected chi connectivity index (χ3v) is 10.1. The topological polar surface area (TPSA) is 64.7 Å². The van der Waals surface area contributed by atoms with Crippen LogP contribution in [0.5, 0.6) is 0 Å². The average molecular weight is 573 g/mol. The van der Waals surface area contributed by atoms with Gasteiger partial charge in [0, 0.05) is 42.2 Å². The van der Waals surface area contributed by atoms with Crippen molar-refractivity contribution in [2.24, 2.45) is 11.8 Å². The number of likely N-dealkylation sites (tertiary alicyclic amines) is 2. The third kappa shape index (κ3) is 8.23. The standard InChI is InChI=1S/C33H53ClN4O2/c1-4-5-19-37-20-9-12-29(37)24-35-30(23-26-13-15-28(34)16-14-26)32(40)38-21-17-33(18-22-38,36-31(39)25(2)3)27-10-7-6-8-11-27/h13-16,25,27,29-30,35H,4-12,17-24H2,1-3H3,(H,36,39)/t29-,30-/m1/s1. The summed E-state index contributed by atoms with van der Waals surface area (Å²) in [6.07, 6.45) is 13.4. The fourth-order valence-corrected chi connectivity index (χ4v) is 7.32. The average Bonchev–Trinajstić information content (AvgIpc) is 3.42. The minimum atomic E-state index is -0.262. The van der Waals surface area contributed by atoms with Crippen molar-refractivity contribution in [2.75, 3.05) is 32.7 Å². The predicted octanol–water partition coefficient (Wildman–Crippen LogP) is 5.82. The molecule has 2 saturated heterocycles. The monoisotopic (exact) mass is 572 g/mol. The smallest absolute Gasteiger partial charge is 0.240 e. The number of halogens is 1. The first kappa shape index (κ1) is 31.3. The van der Waals surface area contributed by atoms with E-state index in [4.69, 9.17) is 11.6 Å². The highest BCUT2D eigenvalue weighted by Gasteiger charge is 2.44. The van der Waals surface area contributed by atoms with Crippen LogP contribution < -0.4 is 10.6 Å². The summed E-state index contributed by atoms with van der Waals surface area (Å²) in [5.74, 6) is 0.832. The quantitative estimate of drug-likeness (QED) is 0.331. The number of rotatable bonds is 12. The summed E-state index contributed by atoms with van der Waals surface area (Å²) in [6.45, 7) is 10.8. The number of benzene rings is 1. The molecule has 3 fully saturated rings. The van der Waals surface area contributed by atoms with Crippen LogP contribution in [0.1, 0.15) is 97.0 Å². The van der Waals surface area contributed by atoms with Crippen molar-refractivity contribution in [3.63, 3.8) is 0 Å². The Morgan fingerprint density at radius 1 is 1.00 bits per heavy atom. The first-order valence-corrected chi connectivity index (χ1v) is 16.5. The molecule has 3 aliphatic rings. The second-order valence-electron chi connectivity index (χ2n) is 12.9. The van der Waals surface area contributed by atoms with E-state index in [1.54, 1.807) is 0 Å². The maximum absolute atomic E-state index is 14.1. The van der Waals surface area contributed by atoms with Gasteiger partial charge in [0.1, 0.15) is 0 Å². The van der Waals surface area contributed by atoms with Crippen LogP contribution in [0.3, 0.4) is 0 Å². The number of nitrogens with one attached hydrogen (secondary N) is 2. The highest BCUT2D eigenvalue weighted by molar-refractivity contribution is 6.30. The van der Waals surface area contributed by atoms with E-state index in [1.165, 1.54) is 64.3 Å². The molecule has 224 valence electrons. The van der Waals surface area contributed by atoms with E-state index in [9.17, 15) is 9.59 Å². The van der Waals surface area contributed by atoms with E-state index in [1.807, 2.05) is 38.1 Å². The van der Waals surface area contributed by atoms with E-state index in [0.717, 1.165) is 36.5 Å². The molecule has 0 unspecified atom stereocenters. The Labute approximate surface area is 248 Å². The Bertz CT molecular complexity index is 938. The lowest BCUT2D eigenvalue weighted by Crippen LogP contribution is -2.62. The van der Waals surface area contributed by atoms with Gasteiger partial charge in [-0.15, -0.1) is 0 Å². The molecule has 2 atom stereocenters. The van der Waals surface area contributed by atoms with E-state index >= 15 is 0 Å². The molecule has 2 amide bonds. The van der Waals surface area contributed by atoms with Gasteiger partial charge in [-0.2, -0.15) is 0 Å². The summed E-state index contributed by atoms with van der Waals surface area (Å²) >= 11 is 6.16. The lowest BCUT2D eigenvalue weighted by molar-refractivity contribution is -0.136. The largest absolute Gasteiger partial charge is 0.350 e. The van der Waals surface area contributed by atoms with Crippen molar-refractivity contribution in [2.45, 2.75) is 115 Å². The fourth-order valence-electron chi connectivity index (χ4n) is 7.19. The molecule has 1 aliphatic carbocycles. The van der Waals surface area contributed by atoms with Crippen molar-refractivity contribution in [1.82, 2.24) is 20.4 Å². The van der Waals surface area contributed by atoms with Gasteiger partial charge in [-0.1, -0.05) is 70.2 Å². The SMILES string of the molecule is CCCCN1CCC[C@@H]1CN[C@H](Cc1ccc(Cl)cc1)C(=O)N1CCC(NC(=O)C(C)C)(C2CCCCC2)CC1. The molecule has 0 bridgehead atoms. The van der Waals surface area contributed by atoms with Gasteiger partial charge < -0.3 is 15.5 Å². The molecular formula is C33H53ClN4O2. The normalized spacial score (nSPS) is 22.9. The van der Waals surface area contributed by atoms with Crippen LogP contribution in [0, 0.1) is 11.8 Å². The highest BCUT2D eigenvalue weighted by atomic mass is 35.5. The lowest BCUT2D eigenvalue weighted by atomic mass is 9.69. The molecule has 1 aromatic carbocycles. The molecule has 6 nitrogen and oxygen atoms in total. The van der Waals surface area contributed by atoms with Gasteiger partial charge in [-0.05, 0) is 88.1 Å². The van der Waals surface area contributed by atoms with Crippen molar-refractivity contribution in [1.29, 1.82) is 0 Å². The van der Waals surface area contributed by atoms with Gasteiger partial charge in [0.2, 0.25) is 11.8 Å². The van der Waals surface area contributed by atoms with Crippen LogP contribution in [0.15, 0.2) is 24.3 Å². The minimum absolute atomic E-state index is 0.0273. The number of unbranched alkanes of at least 4 members (excludes halogenated alkanes) is 1. The second kappa shape index (κ2) is 15.0. The number of piperidine rings is 1. The van der Waals surface area contributed by atoms with E-state index < -0.39 is 0 Å². The summed E-state index contributed by atoms with van der Waals surface area (Å²) in [7, 11) is 0. The second-order valence-corrected chi connectivity index (χ2v) is 13.4. The Morgan fingerprint density at radius 3 is 2.35 bits per heavy atom. The van der Waals surface area contributed by atoms with Crippen LogP contribution in [0.25, 0.3) is 0 Å².